The first kappa shape index (κ1) is 11.8. The van der Waals surface area contributed by atoms with Crippen molar-refractivity contribution in [2.45, 2.75) is 13.3 Å². The normalized spacial score (nSPS) is 9.00. The second-order valence-electron chi connectivity index (χ2n) is 1.80. The largest absolute Gasteiger partial charge is 0.336 e. The van der Waals surface area contributed by atoms with Crippen LogP contribution in [0.2, 0.25) is 0 Å². The molecule has 0 saturated carbocycles. The van der Waals surface area contributed by atoms with Crippen LogP contribution >= 0.6 is 0 Å². The molecule has 0 aliphatic rings. The maximum Gasteiger partial charge on any atom is 0 e. The van der Waals surface area contributed by atoms with Gasteiger partial charge in [0.2, 0.25) is 0 Å². The van der Waals surface area contributed by atoms with Gasteiger partial charge in [0.05, 0.1) is 0 Å². The Labute approximate surface area is 77.7 Å². The molecule has 0 rings (SSSR count). The van der Waals surface area contributed by atoms with Crippen molar-refractivity contribution in [3.8, 4) is 0 Å². The Morgan fingerprint density at radius 3 is 2.12 bits per heavy atom. The molecular weight excluding hydrogens is 175 g/mol. The van der Waals surface area contributed by atoms with Gasteiger partial charge in [-0.15, -0.1) is 6.54 Å². The molecule has 1 nitrogen and oxygen atoms in total. The minimum Gasteiger partial charge on any atom is -0.336 e. The first-order chi connectivity index (χ1) is 3.31. The van der Waals surface area contributed by atoms with E-state index in [1.165, 1.54) is 13.0 Å². The van der Waals surface area contributed by atoms with Crippen LogP contribution in [0.3, 0.4) is 0 Å². The first-order valence-electron chi connectivity index (χ1n) is 2.79. The molecule has 0 heterocycles. The van der Waals surface area contributed by atoms with E-state index >= 15 is 0 Å². The topological polar surface area (TPSA) is 3.24 Å². The van der Waals surface area contributed by atoms with Gasteiger partial charge < -0.3 is 11.8 Å². The summed E-state index contributed by atoms with van der Waals surface area (Å²) < 4.78 is 0. The minimum atomic E-state index is 0. The molecule has 0 aromatic carbocycles. The summed E-state index contributed by atoms with van der Waals surface area (Å²) in [7, 11) is 2.08. The van der Waals surface area contributed by atoms with E-state index < -0.39 is 0 Å². The van der Waals surface area contributed by atoms with Crippen LogP contribution in [0, 0.1) is 6.92 Å². The molecule has 0 fully saturated rings. The third kappa shape index (κ3) is 7.06. The molecule has 0 bridgehead atoms. The van der Waals surface area contributed by atoms with Crippen LogP contribution in [0.15, 0.2) is 0 Å². The van der Waals surface area contributed by atoms with Crippen molar-refractivity contribution in [2.24, 2.45) is 0 Å². The molecule has 2 heteroatoms. The molecule has 0 atom stereocenters. The zero-order chi connectivity index (χ0) is 5.70. The molecule has 0 aliphatic heterocycles. The van der Waals surface area contributed by atoms with E-state index in [1.54, 1.807) is 0 Å². The summed E-state index contributed by atoms with van der Waals surface area (Å²) in [4.78, 5) is 2.19. The van der Waals surface area contributed by atoms with Gasteiger partial charge in [-0.3, -0.25) is 0 Å². The van der Waals surface area contributed by atoms with Crippen molar-refractivity contribution in [3.05, 3.63) is 6.92 Å². The van der Waals surface area contributed by atoms with Gasteiger partial charge in [0.25, 0.3) is 0 Å². The molecule has 0 amide bonds. The Kier molecular flexibility index (Phi) is 11.9. The second-order valence-corrected chi connectivity index (χ2v) is 1.80. The number of nitrogens with zero attached hydrogens (tertiary/aromatic N) is 1. The van der Waals surface area contributed by atoms with Crippen LogP contribution in [0.25, 0.3) is 0 Å². The van der Waals surface area contributed by atoms with Crippen molar-refractivity contribution in [1.82, 2.24) is 4.90 Å². The molecule has 0 N–H and O–H groups in total. The Balaban J connectivity index is 0. The monoisotopic (exact) mass is 189 g/mol. The number of hydrogen-bond acceptors (Lipinski definition) is 1. The molecule has 47 valence electrons. The summed E-state index contributed by atoms with van der Waals surface area (Å²) in [5.74, 6) is 0. The summed E-state index contributed by atoms with van der Waals surface area (Å²) in [6, 6.07) is 0. The zero-order valence-corrected chi connectivity index (χ0v) is 8.69. The van der Waals surface area contributed by atoms with Gasteiger partial charge in [0, 0.05) is 32.7 Å². The van der Waals surface area contributed by atoms with Crippen molar-refractivity contribution >= 4 is 0 Å². The molecule has 0 spiro atoms. The van der Waals surface area contributed by atoms with Crippen LogP contribution in [0.1, 0.15) is 13.3 Å². The second kappa shape index (κ2) is 8.06. The van der Waals surface area contributed by atoms with Crippen LogP contribution < -0.4 is 0 Å². The van der Waals surface area contributed by atoms with E-state index in [4.69, 9.17) is 0 Å². The van der Waals surface area contributed by atoms with Crippen LogP contribution in [-0.4, -0.2) is 25.0 Å². The number of rotatable bonds is 3. The van der Waals surface area contributed by atoms with E-state index in [0.29, 0.717) is 0 Å². The quantitative estimate of drug-likeness (QED) is 0.602. The molecule has 0 aromatic rings. The third-order valence-electron chi connectivity index (χ3n) is 0.987. The average molecular weight is 189 g/mol. The predicted octanol–water partition coefficient (Wildman–Crippen LogP) is 1.16. The van der Waals surface area contributed by atoms with Gasteiger partial charge in [-0.05, 0) is 20.0 Å². The molecule has 8 heavy (non-hydrogen) atoms. The van der Waals surface area contributed by atoms with Crippen molar-refractivity contribution in [1.29, 1.82) is 0 Å². The van der Waals surface area contributed by atoms with Crippen LogP contribution in [-0.2, 0) is 32.7 Å². The van der Waals surface area contributed by atoms with E-state index in [0.717, 1.165) is 6.54 Å². The summed E-state index contributed by atoms with van der Waals surface area (Å²) in [6.07, 6.45) is 1.23. The van der Waals surface area contributed by atoms with Gasteiger partial charge in [-0.2, -0.15) is 0 Å². The molecular formula is C6H14NY-. The maximum absolute atomic E-state index is 3.73. The van der Waals surface area contributed by atoms with E-state index in [-0.39, 0.29) is 32.7 Å². The van der Waals surface area contributed by atoms with E-state index in [2.05, 4.69) is 25.8 Å². The fourth-order valence-corrected chi connectivity index (χ4v) is 0.494. The van der Waals surface area contributed by atoms with Crippen molar-refractivity contribution in [2.75, 3.05) is 20.1 Å². The molecule has 0 aromatic heterocycles. The molecule has 0 saturated heterocycles. The molecule has 0 aliphatic carbocycles. The maximum atomic E-state index is 3.73. The average Bonchev–Trinajstić information content (AvgIpc) is 1.68. The summed E-state index contributed by atoms with van der Waals surface area (Å²) in [5, 5.41) is 0. The molecule has 1 radical (unpaired) electrons. The Bertz CT molecular complexity index is 39.5. The van der Waals surface area contributed by atoms with Gasteiger partial charge in [-0.1, -0.05) is 6.92 Å². The first-order valence-corrected chi connectivity index (χ1v) is 2.79. The Morgan fingerprint density at radius 2 is 2.00 bits per heavy atom. The Hall–Kier alpha value is 1.06. The van der Waals surface area contributed by atoms with E-state index in [1.807, 2.05) is 0 Å². The standard InChI is InChI=1S/C6H14N.Y/c1-4-6-7(3)5-2;/h2,4-6H2,1,3H3;/q-1;. The summed E-state index contributed by atoms with van der Waals surface area (Å²) in [6.45, 7) is 8.00. The third-order valence-corrected chi connectivity index (χ3v) is 0.987. The SMILES string of the molecule is [CH2-]CN(C)CCC.[Y]. The van der Waals surface area contributed by atoms with Gasteiger partial charge >= 0.3 is 0 Å². The van der Waals surface area contributed by atoms with Gasteiger partial charge in [0.1, 0.15) is 0 Å². The fraction of sp³-hybridized carbons (Fsp3) is 0.833. The van der Waals surface area contributed by atoms with Crippen LogP contribution in [0.4, 0.5) is 0 Å². The zero-order valence-electron chi connectivity index (χ0n) is 5.85. The molecule has 0 unspecified atom stereocenters. The van der Waals surface area contributed by atoms with Crippen molar-refractivity contribution in [3.63, 3.8) is 0 Å². The smallest absolute Gasteiger partial charge is 0 e. The minimum absolute atomic E-state index is 0. The van der Waals surface area contributed by atoms with Crippen LogP contribution in [0.5, 0.6) is 0 Å². The summed E-state index contributed by atoms with van der Waals surface area (Å²) >= 11 is 0. The van der Waals surface area contributed by atoms with E-state index in [9.17, 15) is 0 Å². The summed E-state index contributed by atoms with van der Waals surface area (Å²) in [5.41, 5.74) is 0. The number of hydrogen-bond donors (Lipinski definition) is 0. The van der Waals surface area contributed by atoms with Crippen molar-refractivity contribution < 1.29 is 32.7 Å². The van der Waals surface area contributed by atoms with Gasteiger partial charge in [0.15, 0.2) is 0 Å². The fourth-order valence-electron chi connectivity index (χ4n) is 0.494. The van der Waals surface area contributed by atoms with Gasteiger partial charge in [-0.25, -0.2) is 0 Å². The predicted molar refractivity (Wildman–Crippen MR) is 33.1 cm³/mol. The Morgan fingerprint density at radius 1 is 1.50 bits per heavy atom.